The molecule has 2 amide bonds. The summed E-state index contributed by atoms with van der Waals surface area (Å²) in [6.07, 6.45) is 2.22. The van der Waals surface area contributed by atoms with Crippen molar-refractivity contribution in [1.82, 2.24) is 10.6 Å². The summed E-state index contributed by atoms with van der Waals surface area (Å²) < 4.78 is 16.3. The summed E-state index contributed by atoms with van der Waals surface area (Å²) in [5.41, 5.74) is 4.49. The van der Waals surface area contributed by atoms with E-state index in [-0.39, 0.29) is 30.5 Å². The Bertz CT molecular complexity index is 1200. The van der Waals surface area contributed by atoms with Gasteiger partial charge in [0.2, 0.25) is 5.91 Å². The minimum absolute atomic E-state index is 0.0808. The summed E-state index contributed by atoms with van der Waals surface area (Å²) in [5.74, 6) is 4.50. The number of alkyl carbamates (subject to hydrolysis) is 1. The van der Waals surface area contributed by atoms with Crippen LogP contribution in [-0.2, 0) is 23.8 Å². The first-order chi connectivity index (χ1) is 18.9. The predicted octanol–water partition coefficient (Wildman–Crippen LogP) is 4.17. The molecule has 1 fully saturated rings. The van der Waals surface area contributed by atoms with E-state index in [2.05, 4.69) is 34.6 Å². The smallest absolute Gasteiger partial charge is 0.407 e. The molecular weight excluding hydrogens is 496 g/mol. The molecule has 0 heterocycles. The Balaban J connectivity index is 1.31. The number of carbonyl (C=O) groups is 3. The van der Waals surface area contributed by atoms with Gasteiger partial charge in [-0.2, -0.15) is 0 Å². The molecule has 39 heavy (non-hydrogen) atoms. The van der Waals surface area contributed by atoms with Crippen LogP contribution >= 0.6 is 0 Å². The third kappa shape index (κ3) is 6.79. The van der Waals surface area contributed by atoms with Crippen LogP contribution < -0.4 is 10.6 Å². The van der Waals surface area contributed by atoms with Crippen molar-refractivity contribution >= 4 is 18.0 Å². The lowest BCUT2D eigenvalue weighted by molar-refractivity contribution is -0.146. The second-order valence-electron chi connectivity index (χ2n) is 9.98. The Hall–Kier alpha value is -3.83. The molecule has 0 bridgehead atoms. The number of rotatable bonds is 9. The van der Waals surface area contributed by atoms with E-state index < -0.39 is 24.1 Å². The van der Waals surface area contributed by atoms with E-state index in [1.807, 2.05) is 36.4 Å². The Morgan fingerprint density at radius 3 is 2.15 bits per heavy atom. The van der Waals surface area contributed by atoms with Gasteiger partial charge in [-0.1, -0.05) is 54.5 Å². The zero-order valence-corrected chi connectivity index (χ0v) is 22.7. The van der Waals surface area contributed by atoms with Crippen molar-refractivity contribution in [3.63, 3.8) is 0 Å². The molecule has 206 valence electrons. The number of methoxy groups -OCH3 is 1. The number of hydrogen-bond acceptors (Lipinski definition) is 6. The molecule has 2 aromatic carbocycles. The highest BCUT2D eigenvalue weighted by Crippen LogP contribution is 2.44. The van der Waals surface area contributed by atoms with Crippen molar-refractivity contribution in [1.29, 1.82) is 0 Å². The van der Waals surface area contributed by atoms with Crippen LogP contribution in [0.1, 0.15) is 56.6 Å². The molecule has 0 aliphatic heterocycles. The average Bonchev–Trinajstić information content (AvgIpc) is 3.28. The lowest BCUT2D eigenvalue weighted by Crippen LogP contribution is -2.56. The van der Waals surface area contributed by atoms with Gasteiger partial charge in [-0.3, -0.25) is 4.79 Å². The minimum atomic E-state index is -1.04. The number of amides is 2. The van der Waals surface area contributed by atoms with E-state index >= 15 is 0 Å². The van der Waals surface area contributed by atoms with Crippen LogP contribution in [0, 0.1) is 17.8 Å². The molecule has 0 spiro atoms. The quantitative estimate of drug-likeness (QED) is 0.371. The van der Waals surface area contributed by atoms with Crippen LogP contribution in [0.5, 0.6) is 0 Å². The maximum absolute atomic E-state index is 13.0. The maximum Gasteiger partial charge on any atom is 0.407 e. The molecule has 0 unspecified atom stereocenters. The van der Waals surface area contributed by atoms with Gasteiger partial charge in [-0.05, 0) is 61.8 Å². The van der Waals surface area contributed by atoms with Crippen LogP contribution in [-0.4, -0.2) is 56.5 Å². The third-order valence-electron chi connectivity index (χ3n) is 7.56. The molecule has 0 saturated heterocycles. The van der Waals surface area contributed by atoms with E-state index in [0.717, 1.165) is 35.1 Å². The van der Waals surface area contributed by atoms with Crippen molar-refractivity contribution in [2.24, 2.45) is 5.92 Å². The molecule has 2 aliphatic rings. The lowest BCUT2D eigenvalue weighted by Gasteiger charge is -2.30. The van der Waals surface area contributed by atoms with E-state index in [1.165, 1.54) is 7.11 Å². The highest BCUT2D eigenvalue weighted by Gasteiger charge is 2.34. The van der Waals surface area contributed by atoms with E-state index in [0.29, 0.717) is 19.4 Å². The van der Waals surface area contributed by atoms with Crippen molar-refractivity contribution < 1.29 is 28.6 Å². The van der Waals surface area contributed by atoms with Crippen LogP contribution in [0.25, 0.3) is 11.1 Å². The van der Waals surface area contributed by atoms with Gasteiger partial charge in [0, 0.05) is 11.8 Å². The SMILES string of the molecule is CC#CCO[C@H]1CC[C@@H](C(=O)N[C@H](C(=O)OC)[C@@H](C)NC(=O)OCC2c3ccccc3-c3ccccc32)CC1. The maximum atomic E-state index is 13.0. The van der Waals surface area contributed by atoms with Crippen molar-refractivity contribution in [3.8, 4) is 23.0 Å². The fourth-order valence-electron chi connectivity index (χ4n) is 5.42. The normalized spacial score (nSPS) is 19.4. The van der Waals surface area contributed by atoms with Gasteiger partial charge in [0.15, 0.2) is 0 Å². The van der Waals surface area contributed by atoms with Crippen molar-refractivity contribution in [3.05, 3.63) is 59.7 Å². The fraction of sp³-hybridized carbons (Fsp3) is 0.452. The number of nitrogens with one attached hydrogen (secondary N) is 2. The summed E-state index contributed by atoms with van der Waals surface area (Å²) in [6, 6.07) is 14.4. The molecule has 0 aromatic heterocycles. The highest BCUT2D eigenvalue weighted by atomic mass is 16.5. The second-order valence-corrected chi connectivity index (χ2v) is 9.98. The summed E-state index contributed by atoms with van der Waals surface area (Å²) >= 11 is 0. The third-order valence-corrected chi connectivity index (χ3v) is 7.56. The molecule has 8 heteroatoms. The molecule has 2 aromatic rings. The molecule has 2 aliphatic carbocycles. The Labute approximate surface area is 229 Å². The van der Waals surface area contributed by atoms with Gasteiger partial charge in [0.1, 0.15) is 19.3 Å². The number of esters is 1. The zero-order valence-electron chi connectivity index (χ0n) is 22.7. The largest absolute Gasteiger partial charge is 0.467 e. The standard InChI is InChI=1S/C31H36N2O6/c1-4-5-18-38-22-16-14-21(15-17-22)29(34)33-28(30(35)37-3)20(2)32-31(36)39-19-27-25-12-8-6-10-23(25)24-11-7-9-13-26(24)27/h6-13,20-22,27-28H,14-19H2,1-3H3,(H,32,36)(H,33,34)/t20-,21-,22+,28+/m1/s1. The lowest BCUT2D eigenvalue weighted by atomic mass is 9.86. The molecule has 2 N–H and O–H groups in total. The van der Waals surface area contributed by atoms with Gasteiger partial charge in [-0.25, -0.2) is 9.59 Å². The van der Waals surface area contributed by atoms with E-state index in [4.69, 9.17) is 14.2 Å². The monoisotopic (exact) mass is 532 g/mol. The van der Waals surface area contributed by atoms with Gasteiger partial charge < -0.3 is 24.8 Å². The van der Waals surface area contributed by atoms with Crippen LogP contribution in [0.3, 0.4) is 0 Å². The number of fused-ring (bicyclic) bond motifs is 3. The minimum Gasteiger partial charge on any atom is -0.467 e. The predicted molar refractivity (Wildman–Crippen MR) is 147 cm³/mol. The summed E-state index contributed by atoms with van der Waals surface area (Å²) in [6.45, 7) is 3.95. The Morgan fingerprint density at radius 1 is 0.949 bits per heavy atom. The zero-order chi connectivity index (χ0) is 27.8. The van der Waals surface area contributed by atoms with Crippen LogP contribution in [0.4, 0.5) is 4.79 Å². The first-order valence-corrected chi connectivity index (χ1v) is 13.4. The first kappa shape index (κ1) is 28.2. The molecule has 8 nitrogen and oxygen atoms in total. The Kier molecular flexibility index (Phi) is 9.61. The summed E-state index contributed by atoms with van der Waals surface area (Å²) in [7, 11) is 1.25. The average molecular weight is 533 g/mol. The summed E-state index contributed by atoms with van der Waals surface area (Å²) in [4.78, 5) is 38.3. The molecule has 4 rings (SSSR count). The van der Waals surface area contributed by atoms with Crippen molar-refractivity contribution in [2.45, 2.75) is 63.6 Å². The number of ether oxygens (including phenoxy) is 3. The van der Waals surface area contributed by atoms with Gasteiger partial charge in [-0.15, -0.1) is 5.92 Å². The Morgan fingerprint density at radius 2 is 1.56 bits per heavy atom. The number of hydrogen-bond donors (Lipinski definition) is 2. The summed E-state index contributed by atoms with van der Waals surface area (Å²) in [5, 5.41) is 5.49. The molecule has 1 saturated carbocycles. The number of benzene rings is 2. The fourth-order valence-corrected chi connectivity index (χ4v) is 5.42. The molecule has 2 atom stereocenters. The van der Waals surface area contributed by atoms with Gasteiger partial charge >= 0.3 is 12.1 Å². The van der Waals surface area contributed by atoms with Crippen molar-refractivity contribution in [2.75, 3.05) is 20.3 Å². The van der Waals surface area contributed by atoms with E-state index in [1.54, 1.807) is 13.8 Å². The highest BCUT2D eigenvalue weighted by molar-refractivity contribution is 5.87. The van der Waals surface area contributed by atoms with Gasteiger partial charge in [0.05, 0.1) is 19.3 Å². The second kappa shape index (κ2) is 13.3. The van der Waals surface area contributed by atoms with E-state index in [9.17, 15) is 14.4 Å². The molecule has 0 radical (unpaired) electrons. The van der Waals surface area contributed by atoms with Gasteiger partial charge in [0.25, 0.3) is 0 Å². The van der Waals surface area contributed by atoms with Crippen LogP contribution in [0.2, 0.25) is 0 Å². The number of carbonyl (C=O) groups excluding carboxylic acids is 3. The topological polar surface area (TPSA) is 103 Å². The molecular formula is C31H36N2O6. The first-order valence-electron chi connectivity index (χ1n) is 13.4. The van der Waals surface area contributed by atoms with Crippen LogP contribution in [0.15, 0.2) is 48.5 Å².